The molecule has 26 heavy (non-hydrogen) atoms. The van der Waals surface area contributed by atoms with Gasteiger partial charge in [-0.15, -0.1) is 11.3 Å². The third-order valence-corrected chi connectivity index (χ3v) is 6.16. The number of aryl methyl sites for hydroxylation is 1. The molecule has 1 aromatic carbocycles. The second-order valence-corrected chi connectivity index (χ2v) is 7.48. The van der Waals surface area contributed by atoms with E-state index < -0.39 is 11.3 Å². The fraction of sp³-hybridized carbons (Fsp3) is 0.211. The molecule has 0 bridgehead atoms. The number of carbonyl (C=O) groups excluding carboxylic acids is 2. The van der Waals surface area contributed by atoms with Gasteiger partial charge in [0.2, 0.25) is 0 Å². The van der Waals surface area contributed by atoms with E-state index in [0.29, 0.717) is 34.0 Å². The number of nitrogens with two attached hydrogens (primary N) is 2. The molecule has 7 heteroatoms. The Hall–Kier alpha value is -2.93. The van der Waals surface area contributed by atoms with Crippen LogP contribution in [0.3, 0.4) is 0 Å². The van der Waals surface area contributed by atoms with Crippen molar-refractivity contribution in [1.82, 2.24) is 5.16 Å². The van der Waals surface area contributed by atoms with E-state index in [4.69, 9.17) is 16.0 Å². The number of Topliss-reactive ketones (excluding diaryl/α,β-unsaturated/α-hetero) is 1. The van der Waals surface area contributed by atoms with Crippen molar-refractivity contribution in [3.63, 3.8) is 0 Å². The standard InChI is InChI=1S/C19H17N3O3S/c1-10-13(9-25-22-10)19(11-5-3-2-4-6-11)8-7-12-14(17(20)24)18(21)26-15(12)16(19)23/h2-6,9H,7-8,21H2,1H3,(H2,20,24). The molecule has 0 saturated heterocycles. The average Bonchev–Trinajstić information content (AvgIpc) is 3.20. The first-order valence-electron chi connectivity index (χ1n) is 8.19. The molecule has 1 atom stereocenters. The van der Waals surface area contributed by atoms with Gasteiger partial charge in [-0.25, -0.2) is 0 Å². The van der Waals surface area contributed by atoms with E-state index >= 15 is 0 Å². The maximum absolute atomic E-state index is 13.7. The van der Waals surface area contributed by atoms with E-state index in [-0.39, 0.29) is 11.3 Å². The first-order chi connectivity index (χ1) is 12.5. The summed E-state index contributed by atoms with van der Waals surface area (Å²) in [6.45, 7) is 1.82. The van der Waals surface area contributed by atoms with Crippen molar-refractivity contribution in [2.24, 2.45) is 5.73 Å². The third-order valence-electron chi connectivity index (χ3n) is 5.10. The molecule has 1 aliphatic carbocycles. The monoisotopic (exact) mass is 367 g/mol. The van der Waals surface area contributed by atoms with Crippen molar-refractivity contribution in [3.8, 4) is 0 Å². The largest absolute Gasteiger partial charge is 0.390 e. The van der Waals surface area contributed by atoms with Gasteiger partial charge >= 0.3 is 0 Å². The van der Waals surface area contributed by atoms with Crippen molar-refractivity contribution in [2.75, 3.05) is 5.73 Å². The highest BCUT2D eigenvalue weighted by Gasteiger charge is 2.49. The van der Waals surface area contributed by atoms with Crippen molar-refractivity contribution in [2.45, 2.75) is 25.2 Å². The lowest BCUT2D eigenvalue weighted by Gasteiger charge is -2.35. The van der Waals surface area contributed by atoms with Crippen LogP contribution in [0.15, 0.2) is 41.1 Å². The summed E-state index contributed by atoms with van der Waals surface area (Å²) in [6.07, 6.45) is 2.55. The van der Waals surface area contributed by atoms with Crippen LogP contribution in [0.1, 0.15) is 48.8 Å². The lowest BCUT2D eigenvalue weighted by atomic mass is 9.64. The summed E-state index contributed by atoms with van der Waals surface area (Å²) in [5, 5.41) is 4.27. The van der Waals surface area contributed by atoms with Crippen LogP contribution in [0.4, 0.5) is 5.00 Å². The summed E-state index contributed by atoms with van der Waals surface area (Å²) in [7, 11) is 0. The fourth-order valence-corrected chi connectivity index (χ4v) is 5.05. The van der Waals surface area contributed by atoms with E-state index in [9.17, 15) is 9.59 Å². The maximum atomic E-state index is 13.7. The Kier molecular flexibility index (Phi) is 3.69. The van der Waals surface area contributed by atoms with E-state index in [2.05, 4.69) is 5.16 Å². The zero-order valence-corrected chi connectivity index (χ0v) is 14.9. The molecule has 0 spiro atoms. The predicted molar refractivity (Wildman–Crippen MR) is 98.4 cm³/mol. The minimum absolute atomic E-state index is 0.0968. The van der Waals surface area contributed by atoms with E-state index in [1.807, 2.05) is 37.3 Å². The highest BCUT2D eigenvalue weighted by atomic mass is 32.1. The quantitative estimate of drug-likeness (QED) is 0.739. The summed E-state index contributed by atoms with van der Waals surface area (Å²) >= 11 is 1.13. The topological polar surface area (TPSA) is 112 Å². The molecule has 4 N–H and O–H groups in total. The van der Waals surface area contributed by atoms with Crippen molar-refractivity contribution in [1.29, 1.82) is 0 Å². The molecule has 1 unspecified atom stereocenters. The van der Waals surface area contributed by atoms with Gasteiger partial charge in [-0.2, -0.15) is 0 Å². The number of carbonyl (C=O) groups is 2. The van der Waals surface area contributed by atoms with Gasteiger partial charge in [-0.3, -0.25) is 9.59 Å². The van der Waals surface area contributed by atoms with Gasteiger partial charge in [0.25, 0.3) is 5.91 Å². The molecule has 0 aliphatic heterocycles. The van der Waals surface area contributed by atoms with Crippen LogP contribution in [0.2, 0.25) is 0 Å². The fourth-order valence-electron chi connectivity index (χ4n) is 3.91. The molecule has 132 valence electrons. The Bertz CT molecular complexity index is 1020. The van der Waals surface area contributed by atoms with Gasteiger partial charge in [0.1, 0.15) is 6.26 Å². The molecule has 0 fully saturated rings. The Morgan fingerprint density at radius 3 is 2.65 bits per heavy atom. The van der Waals surface area contributed by atoms with Gasteiger partial charge < -0.3 is 16.0 Å². The van der Waals surface area contributed by atoms with E-state index in [0.717, 1.165) is 22.5 Å². The van der Waals surface area contributed by atoms with Gasteiger partial charge in [0.15, 0.2) is 5.78 Å². The summed E-state index contributed by atoms with van der Waals surface area (Å²) < 4.78 is 5.15. The number of hydrogen-bond donors (Lipinski definition) is 2. The lowest BCUT2D eigenvalue weighted by Crippen LogP contribution is -2.41. The number of aromatic nitrogens is 1. The first-order valence-corrected chi connectivity index (χ1v) is 9.01. The smallest absolute Gasteiger partial charge is 0.251 e. The SMILES string of the molecule is Cc1nocc1C1(c2ccccc2)CCc2c(sc(N)c2C(N)=O)C1=O. The minimum atomic E-state index is -0.912. The summed E-state index contributed by atoms with van der Waals surface area (Å²) in [5.41, 5.74) is 13.8. The number of fused-ring (bicyclic) bond motifs is 1. The minimum Gasteiger partial charge on any atom is -0.390 e. The van der Waals surface area contributed by atoms with Crippen LogP contribution >= 0.6 is 11.3 Å². The number of hydrogen-bond acceptors (Lipinski definition) is 6. The lowest BCUT2D eigenvalue weighted by molar-refractivity contribution is 0.0897. The number of nitrogen functional groups attached to an aromatic ring is 1. The van der Waals surface area contributed by atoms with Crippen molar-refractivity contribution in [3.05, 3.63) is 69.4 Å². The molecule has 1 aliphatic rings. The zero-order valence-electron chi connectivity index (χ0n) is 14.1. The van der Waals surface area contributed by atoms with E-state index in [1.165, 1.54) is 6.26 Å². The Morgan fingerprint density at radius 2 is 2.04 bits per heavy atom. The summed E-state index contributed by atoms with van der Waals surface area (Å²) in [6, 6.07) is 9.58. The molecule has 2 aromatic heterocycles. The number of ketones is 1. The number of anilines is 1. The normalized spacial score (nSPS) is 19.3. The number of thiophene rings is 1. The predicted octanol–water partition coefficient (Wildman–Crippen LogP) is 2.84. The number of benzene rings is 1. The highest BCUT2D eigenvalue weighted by molar-refractivity contribution is 7.18. The third kappa shape index (κ3) is 2.13. The Morgan fingerprint density at radius 1 is 1.31 bits per heavy atom. The van der Waals surface area contributed by atoms with Gasteiger partial charge in [0, 0.05) is 5.56 Å². The first kappa shape index (κ1) is 16.5. The van der Waals surface area contributed by atoms with Crippen LogP contribution in [0, 0.1) is 6.92 Å². The summed E-state index contributed by atoms with van der Waals surface area (Å²) in [4.78, 5) is 26.0. The van der Waals surface area contributed by atoms with Crippen LogP contribution < -0.4 is 11.5 Å². The molecular weight excluding hydrogens is 350 g/mol. The van der Waals surface area contributed by atoms with Gasteiger partial charge in [-0.1, -0.05) is 35.5 Å². The number of primary amides is 1. The van der Waals surface area contributed by atoms with E-state index in [1.54, 1.807) is 0 Å². The molecule has 3 aromatic rings. The summed E-state index contributed by atoms with van der Waals surface area (Å²) in [5.74, 6) is -0.693. The van der Waals surface area contributed by atoms with Crippen LogP contribution in [0.25, 0.3) is 0 Å². The van der Waals surface area contributed by atoms with Gasteiger partial charge in [-0.05, 0) is 30.9 Å². The van der Waals surface area contributed by atoms with Crippen LogP contribution in [-0.4, -0.2) is 16.8 Å². The number of nitrogens with zero attached hydrogens (tertiary/aromatic N) is 1. The van der Waals surface area contributed by atoms with Crippen molar-refractivity contribution < 1.29 is 14.1 Å². The average molecular weight is 367 g/mol. The van der Waals surface area contributed by atoms with Gasteiger partial charge in [0.05, 0.1) is 26.6 Å². The molecule has 0 radical (unpaired) electrons. The molecular formula is C19H17N3O3S. The molecule has 0 saturated carbocycles. The Labute approximate surface area is 153 Å². The molecule has 6 nitrogen and oxygen atoms in total. The molecule has 1 amide bonds. The van der Waals surface area contributed by atoms with Crippen molar-refractivity contribution >= 4 is 28.0 Å². The molecule has 4 rings (SSSR count). The van der Waals surface area contributed by atoms with Crippen LogP contribution in [-0.2, 0) is 11.8 Å². The maximum Gasteiger partial charge on any atom is 0.251 e. The number of amides is 1. The second kappa shape index (κ2) is 5.81. The Balaban J connectivity index is 1.98. The van der Waals surface area contributed by atoms with Crippen LogP contribution in [0.5, 0.6) is 0 Å². The zero-order chi connectivity index (χ0) is 18.5. The number of rotatable bonds is 3. The highest BCUT2D eigenvalue weighted by Crippen LogP contribution is 2.48. The second-order valence-electron chi connectivity index (χ2n) is 6.43. The molecule has 2 heterocycles.